The fourth-order valence-corrected chi connectivity index (χ4v) is 4.74. The molecule has 1 unspecified atom stereocenters. The molecule has 0 saturated heterocycles. The number of aryl methyl sites for hydroxylation is 1. The number of anilines is 2. The third kappa shape index (κ3) is 6.08. The lowest BCUT2D eigenvalue weighted by Gasteiger charge is -2.34. The van der Waals surface area contributed by atoms with Crippen LogP contribution in [0.4, 0.5) is 20.2 Å². The maximum absolute atomic E-state index is 14.3. The standard InChI is InChI=1S/C29H31F2N3O2/c1-20-10-5-6-15-24(20)28(29(36)33-22-12-3-2-4-13-22)34(23-14-9-11-21(30)18-23)27(35)19-32-26-17-8-7-16-25(26)31/h5-11,14-18,22,28,32H,2-4,12-13,19H2,1H3,(H,33,36). The van der Waals surface area contributed by atoms with Crippen LogP contribution < -0.4 is 15.5 Å². The van der Waals surface area contributed by atoms with E-state index in [9.17, 15) is 18.4 Å². The molecule has 2 N–H and O–H groups in total. The summed E-state index contributed by atoms with van der Waals surface area (Å²) in [5.41, 5.74) is 1.90. The number of carbonyl (C=O) groups excluding carboxylic acids is 2. The van der Waals surface area contributed by atoms with Crippen molar-refractivity contribution in [3.05, 3.63) is 95.6 Å². The Morgan fingerprint density at radius 1 is 0.944 bits per heavy atom. The van der Waals surface area contributed by atoms with Gasteiger partial charge in [-0.3, -0.25) is 14.5 Å². The lowest BCUT2D eigenvalue weighted by molar-refractivity contribution is -0.126. The zero-order valence-electron chi connectivity index (χ0n) is 20.3. The molecule has 36 heavy (non-hydrogen) atoms. The van der Waals surface area contributed by atoms with Crippen LogP contribution in [0.1, 0.15) is 49.3 Å². The van der Waals surface area contributed by atoms with Gasteiger partial charge in [0.25, 0.3) is 0 Å². The molecule has 5 nitrogen and oxygen atoms in total. The lowest BCUT2D eigenvalue weighted by atomic mass is 9.93. The molecule has 0 heterocycles. The van der Waals surface area contributed by atoms with E-state index in [1.165, 1.54) is 35.2 Å². The minimum atomic E-state index is -1.02. The van der Waals surface area contributed by atoms with Crippen molar-refractivity contribution in [2.45, 2.75) is 51.1 Å². The van der Waals surface area contributed by atoms with Gasteiger partial charge in [0, 0.05) is 11.7 Å². The molecule has 1 saturated carbocycles. The topological polar surface area (TPSA) is 61.4 Å². The second kappa shape index (κ2) is 11.8. The van der Waals surface area contributed by atoms with E-state index in [-0.39, 0.29) is 29.9 Å². The molecular formula is C29H31F2N3O2. The van der Waals surface area contributed by atoms with Gasteiger partial charge in [0.1, 0.15) is 17.7 Å². The Labute approximate surface area is 210 Å². The molecule has 0 radical (unpaired) electrons. The zero-order valence-corrected chi connectivity index (χ0v) is 20.3. The highest BCUT2D eigenvalue weighted by atomic mass is 19.1. The molecule has 0 spiro atoms. The average molecular weight is 492 g/mol. The molecular weight excluding hydrogens is 460 g/mol. The number of hydrogen-bond acceptors (Lipinski definition) is 3. The zero-order chi connectivity index (χ0) is 25.5. The van der Waals surface area contributed by atoms with Crippen LogP contribution in [0.15, 0.2) is 72.8 Å². The van der Waals surface area contributed by atoms with Crippen LogP contribution in [-0.2, 0) is 9.59 Å². The van der Waals surface area contributed by atoms with Crippen molar-refractivity contribution >= 4 is 23.2 Å². The summed E-state index contributed by atoms with van der Waals surface area (Å²) in [7, 11) is 0. The van der Waals surface area contributed by atoms with Gasteiger partial charge in [-0.1, -0.05) is 61.7 Å². The van der Waals surface area contributed by atoms with Crippen molar-refractivity contribution in [1.82, 2.24) is 5.32 Å². The van der Waals surface area contributed by atoms with Crippen molar-refractivity contribution in [1.29, 1.82) is 0 Å². The minimum absolute atomic E-state index is 0.0266. The van der Waals surface area contributed by atoms with E-state index in [1.807, 2.05) is 31.2 Å². The molecule has 1 atom stereocenters. The number of para-hydroxylation sites is 1. The average Bonchev–Trinajstić information content (AvgIpc) is 2.87. The summed E-state index contributed by atoms with van der Waals surface area (Å²) in [4.78, 5) is 28.8. The summed E-state index contributed by atoms with van der Waals surface area (Å²) < 4.78 is 28.5. The first-order chi connectivity index (χ1) is 17.4. The van der Waals surface area contributed by atoms with Crippen molar-refractivity contribution in [2.24, 2.45) is 0 Å². The number of carbonyl (C=O) groups is 2. The van der Waals surface area contributed by atoms with Gasteiger partial charge in [0.05, 0.1) is 12.2 Å². The van der Waals surface area contributed by atoms with E-state index in [1.54, 1.807) is 18.2 Å². The molecule has 3 aromatic carbocycles. The largest absolute Gasteiger partial charge is 0.374 e. The molecule has 2 amide bonds. The monoisotopic (exact) mass is 491 g/mol. The Morgan fingerprint density at radius 2 is 1.67 bits per heavy atom. The van der Waals surface area contributed by atoms with Crippen LogP contribution >= 0.6 is 0 Å². The number of benzene rings is 3. The van der Waals surface area contributed by atoms with Crippen molar-refractivity contribution < 1.29 is 18.4 Å². The second-order valence-electron chi connectivity index (χ2n) is 9.18. The summed E-state index contributed by atoms with van der Waals surface area (Å²) in [6.45, 7) is 1.60. The smallest absolute Gasteiger partial charge is 0.248 e. The Bertz CT molecular complexity index is 1210. The second-order valence-corrected chi connectivity index (χ2v) is 9.18. The van der Waals surface area contributed by atoms with Gasteiger partial charge >= 0.3 is 0 Å². The number of nitrogens with one attached hydrogen (secondary N) is 2. The fourth-order valence-electron chi connectivity index (χ4n) is 4.74. The van der Waals surface area contributed by atoms with E-state index >= 15 is 0 Å². The molecule has 7 heteroatoms. The molecule has 188 valence electrons. The molecule has 1 aliphatic carbocycles. The number of rotatable bonds is 8. The van der Waals surface area contributed by atoms with Crippen LogP contribution in [-0.4, -0.2) is 24.4 Å². The maximum Gasteiger partial charge on any atom is 0.248 e. The lowest BCUT2D eigenvalue weighted by Crippen LogP contribution is -2.49. The van der Waals surface area contributed by atoms with Gasteiger partial charge < -0.3 is 10.6 Å². The molecule has 4 rings (SSSR count). The molecule has 0 bridgehead atoms. The molecule has 0 aliphatic heterocycles. The summed E-state index contributed by atoms with van der Waals surface area (Å²) in [5.74, 6) is -1.83. The maximum atomic E-state index is 14.3. The van der Waals surface area contributed by atoms with Crippen LogP contribution in [0.2, 0.25) is 0 Å². The predicted octanol–water partition coefficient (Wildman–Crippen LogP) is 5.91. The quantitative estimate of drug-likeness (QED) is 0.412. The molecule has 0 aromatic heterocycles. The van der Waals surface area contributed by atoms with Gasteiger partial charge in [-0.25, -0.2) is 8.78 Å². The normalized spacial score (nSPS) is 14.6. The highest BCUT2D eigenvalue weighted by Crippen LogP contribution is 2.31. The van der Waals surface area contributed by atoms with Crippen molar-refractivity contribution in [3.8, 4) is 0 Å². The summed E-state index contributed by atoms with van der Waals surface area (Å²) >= 11 is 0. The minimum Gasteiger partial charge on any atom is -0.374 e. The predicted molar refractivity (Wildman–Crippen MR) is 138 cm³/mol. The number of halogens is 2. The highest BCUT2D eigenvalue weighted by Gasteiger charge is 2.35. The van der Waals surface area contributed by atoms with E-state index in [4.69, 9.17) is 0 Å². The molecule has 1 fully saturated rings. The van der Waals surface area contributed by atoms with Gasteiger partial charge in [0.2, 0.25) is 11.8 Å². The van der Waals surface area contributed by atoms with Crippen LogP contribution in [0, 0.1) is 18.6 Å². The van der Waals surface area contributed by atoms with Gasteiger partial charge in [-0.2, -0.15) is 0 Å². The van der Waals surface area contributed by atoms with Crippen LogP contribution in [0.25, 0.3) is 0 Å². The number of amides is 2. The van der Waals surface area contributed by atoms with E-state index in [0.29, 0.717) is 5.56 Å². The highest BCUT2D eigenvalue weighted by molar-refractivity contribution is 6.03. The fraction of sp³-hybridized carbons (Fsp3) is 0.310. The van der Waals surface area contributed by atoms with E-state index in [2.05, 4.69) is 10.6 Å². The molecule has 3 aromatic rings. The first-order valence-corrected chi connectivity index (χ1v) is 12.4. The first kappa shape index (κ1) is 25.4. The Balaban J connectivity index is 1.72. The van der Waals surface area contributed by atoms with E-state index < -0.39 is 23.6 Å². The summed E-state index contributed by atoms with van der Waals surface area (Å²) in [5, 5.41) is 5.97. The first-order valence-electron chi connectivity index (χ1n) is 12.4. The Kier molecular flexibility index (Phi) is 8.31. The van der Waals surface area contributed by atoms with E-state index in [0.717, 1.165) is 37.7 Å². The number of hydrogen-bond donors (Lipinski definition) is 2. The summed E-state index contributed by atoms with van der Waals surface area (Å²) in [6.07, 6.45) is 4.99. The van der Waals surface area contributed by atoms with Crippen LogP contribution in [0.5, 0.6) is 0 Å². The molecule has 1 aliphatic rings. The Hall–Kier alpha value is -3.74. The number of nitrogens with zero attached hydrogens (tertiary/aromatic N) is 1. The van der Waals surface area contributed by atoms with Gasteiger partial charge in [-0.15, -0.1) is 0 Å². The Morgan fingerprint density at radius 3 is 2.39 bits per heavy atom. The SMILES string of the molecule is Cc1ccccc1C(C(=O)NC1CCCCC1)N(C(=O)CNc1ccccc1F)c1cccc(F)c1. The van der Waals surface area contributed by atoms with Crippen molar-refractivity contribution in [3.63, 3.8) is 0 Å². The van der Waals surface area contributed by atoms with Crippen molar-refractivity contribution in [2.75, 3.05) is 16.8 Å². The van der Waals surface area contributed by atoms with Gasteiger partial charge in [-0.05, 0) is 61.2 Å². The third-order valence-electron chi connectivity index (χ3n) is 6.60. The summed E-state index contributed by atoms with van der Waals surface area (Å²) in [6, 6.07) is 18.0. The third-order valence-corrected chi connectivity index (χ3v) is 6.60. The van der Waals surface area contributed by atoms with Crippen LogP contribution in [0.3, 0.4) is 0 Å². The van der Waals surface area contributed by atoms with Gasteiger partial charge in [0.15, 0.2) is 0 Å².